The maximum Gasteiger partial charge on any atom is 0.257 e. The summed E-state index contributed by atoms with van der Waals surface area (Å²) in [6.07, 6.45) is 1.75. The van der Waals surface area contributed by atoms with Gasteiger partial charge in [0.1, 0.15) is 5.75 Å². The lowest BCUT2D eigenvalue weighted by atomic mass is 10.1. The molecule has 1 fully saturated rings. The van der Waals surface area contributed by atoms with Crippen LogP contribution in [0, 0.1) is 13.8 Å². The van der Waals surface area contributed by atoms with Crippen LogP contribution in [0.2, 0.25) is 0 Å². The van der Waals surface area contributed by atoms with Gasteiger partial charge in [-0.1, -0.05) is 12.1 Å². The Bertz CT molecular complexity index is 1050. The summed E-state index contributed by atoms with van der Waals surface area (Å²) in [5.74, 6) is -0.265. The zero-order valence-electron chi connectivity index (χ0n) is 16.3. The maximum atomic E-state index is 13.1. The van der Waals surface area contributed by atoms with Crippen molar-refractivity contribution in [1.82, 2.24) is 19.4 Å². The summed E-state index contributed by atoms with van der Waals surface area (Å²) in [4.78, 5) is 33.6. The molecule has 0 bridgehead atoms. The fraction of sp³-hybridized carbons (Fsp3) is 0.286. The summed E-state index contributed by atoms with van der Waals surface area (Å²) in [6.45, 7) is 5.68. The van der Waals surface area contributed by atoms with Gasteiger partial charge in [0.05, 0.1) is 11.1 Å². The molecule has 0 spiro atoms. The van der Waals surface area contributed by atoms with Crippen molar-refractivity contribution in [1.29, 1.82) is 0 Å². The number of piperazine rings is 1. The van der Waals surface area contributed by atoms with Gasteiger partial charge in [0.15, 0.2) is 5.13 Å². The molecule has 0 aliphatic carbocycles. The number of hydrogen-bond acceptors (Lipinski definition) is 5. The molecule has 29 heavy (non-hydrogen) atoms. The van der Waals surface area contributed by atoms with E-state index in [1.165, 1.54) is 17.4 Å². The fourth-order valence-electron chi connectivity index (χ4n) is 3.71. The molecule has 2 amide bonds. The zero-order valence-corrected chi connectivity index (χ0v) is 17.1. The summed E-state index contributed by atoms with van der Waals surface area (Å²) in [5, 5.41) is 12.7. The van der Waals surface area contributed by atoms with E-state index in [-0.39, 0.29) is 17.6 Å². The van der Waals surface area contributed by atoms with E-state index in [2.05, 4.69) is 4.98 Å². The Morgan fingerprint density at radius 3 is 2.21 bits per heavy atom. The second-order valence-electron chi connectivity index (χ2n) is 7.04. The van der Waals surface area contributed by atoms with Gasteiger partial charge in [-0.25, -0.2) is 4.98 Å². The number of hydrogen-bond donors (Lipinski definition) is 1. The number of aryl methyl sites for hydroxylation is 1. The van der Waals surface area contributed by atoms with Crippen molar-refractivity contribution in [3.63, 3.8) is 0 Å². The number of aromatic nitrogens is 2. The summed E-state index contributed by atoms with van der Waals surface area (Å²) in [7, 11) is 0. The third-order valence-corrected chi connectivity index (χ3v) is 6.02. The second-order valence-corrected chi connectivity index (χ2v) is 7.91. The maximum absolute atomic E-state index is 13.1. The standard InChI is InChI=1S/C21H22N4O3S/c1-14-13-17(15(2)25(14)21-22-7-12-29-21)20(28)24-10-8-23(9-11-24)19(27)16-5-3-4-6-18(16)26/h3-7,12-13,26H,8-11H2,1-2H3. The van der Waals surface area contributed by atoms with E-state index in [1.807, 2.05) is 29.9 Å². The molecule has 3 heterocycles. The Hall–Kier alpha value is -3.13. The summed E-state index contributed by atoms with van der Waals surface area (Å²) in [5.41, 5.74) is 2.79. The molecular weight excluding hydrogens is 388 g/mol. The molecule has 4 rings (SSSR count). The lowest BCUT2D eigenvalue weighted by molar-refractivity contribution is 0.0533. The zero-order chi connectivity index (χ0) is 20.5. The van der Waals surface area contributed by atoms with Gasteiger partial charge in [-0.15, -0.1) is 11.3 Å². The minimum Gasteiger partial charge on any atom is -0.507 e. The van der Waals surface area contributed by atoms with Crippen LogP contribution in [-0.2, 0) is 0 Å². The Morgan fingerprint density at radius 2 is 1.62 bits per heavy atom. The molecule has 0 saturated carbocycles. The van der Waals surface area contributed by atoms with E-state index in [4.69, 9.17) is 0 Å². The average molecular weight is 410 g/mol. The number of phenolic OH excluding ortho intramolecular Hbond substituents is 1. The summed E-state index contributed by atoms with van der Waals surface area (Å²) < 4.78 is 2.00. The van der Waals surface area contributed by atoms with Crippen LogP contribution in [0.1, 0.15) is 32.1 Å². The van der Waals surface area contributed by atoms with E-state index in [1.54, 1.807) is 34.2 Å². The summed E-state index contributed by atoms with van der Waals surface area (Å²) in [6, 6.07) is 8.43. The lowest BCUT2D eigenvalue weighted by Crippen LogP contribution is -2.50. The summed E-state index contributed by atoms with van der Waals surface area (Å²) >= 11 is 1.53. The van der Waals surface area contributed by atoms with Gasteiger partial charge < -0.3 is 14.9 Å². The molecule has 150 valence electrons. The molecule has 3 aromatic rings. The van der Waals surface area contributed by atoms with Gasteiger partial charge in [-0.2, -0.15) is 0 Å². The van der Waals surface area contributed by atoms with Crippen molar-refractivity contribution in [2.24, 2.45) is 0 Å². The van der Waals surface area contributed by atoms with Crippen LogP contribution in [0.5, 0.6) is 5.75 Å². The van der Waals surface area contributed by atoms with Crippen LogP contribution in [0.25, 0.3) is 5.13 Å². The van der Waals surface area contributed by atoms with E-state index >= 15 is 0 Å². The quantitative estimate of drug-likeness (QED) is 0.720. The van der Waals surface area contributed by atoms with E-state index in [0.717, 1.165) is 16.5 Å². The number of carbonyl (C=O) groups is 2. The molecule has 0 unspecified atom stereocenters. The number of amides is 2. The number of benzene rings is 1. The van der Waals surface area contributed by atoms with Crippen molar-refractivity contribution in [2.75, 3.05) is 26.2 Å². The van der Waals surface area contributed by atoms with Crippen LogP contribution in [0.4, 0.5) is 0 Å². The highest BCUT2D eigenvalue weighted by Gasteiger charge is 2.28. The van der Waals surface area contributed by atoms with Gasteiger partial charge in [0, 0.05) is 49.1 Å². The average Bonchev–Trinajstić information content (AvgIpc) is 3.35. The second kappa shape index (κ2) is 7.71. The van der Waals surface area contributed by atoms with E-state index in [9.17, 15) is 14.7 Å². The largest absolute Gasteiger partial charge is 0.507 e. The highest BCUT2D eigenvalue weighted by molar-refractivity contribution is 7.12. The predicted molar refractivity (Wildman–Crippen MR) is 111 cm³/mol. The number of phenols is 1. The van der Waals surface area contributed by atoms with Crippen molar-refractivity contribution in [2.45, 2.75) is 13.8 Å². The smallest absolute Gasteiger partial charge is 0.257 e. The third kappa shape index (κ3) is 3.51. The number of nitrogens with zero attached hydrogens (tertiary/aromatic N) is 4. The number of thiazole rings is 1. The van der Waals surface area contributed by atoms with Gasteiger partial charge >= 0.3 is 0 Å². The monoisotopic (exact) mass is 410 g/mol. The van der Waals surface area contributed by atoms with Crippen LogP contribution >= 0.6 is 11.3 Å². The number of aromatic hydroxyl groups is 1. The first kappa shape index (κ1) is 19.2. The molecule has 1 aromatic carbocycles. The van der Waals surface area contributed by atoms with Crippen LogP contribution in [0.15, 0.2) is 41.9 Å². The van der Waals surface area contributed by atoms with Gasteiger partial charge in [0.25, 0.3) is 11.8 Å². The van der Waals surface area contributed by atoms with Crippen molar-refractivity contribution >= 4 is 23.2 Å². The normalized spacial score (nSPS) is 14.3. The topological polar surface area (TPSA) is 78.7 Å². The van der Waals surface area contributed by atoms with Gasteiger partial charge in [-0.05, 0) is 32.0 Å². The highest BCUT2D eigenvalue weighted by atomic mass is 32.1. The first-order chi connectivity index (χ1) is 14.0. The Morgan fingerprint density at radius 1 is 1.00 bits per heavy atom. The lowest BCUT2D eigenvalue weighted by Gasteiger charge is -2.35. The van der Waals surface area contributed by atoms with Gasteiger partial charge in [0.2, 0.25) is 0 Å². The van der Waals surface area contributed by atoms with Gasteiger partial charge in [-0.3, -0.25) is 14.2 Å². The Labute approximate surface area is 172 Å². The number of rotatable bonds is 3. The molecule has 1 saturated heterocycles. The minimum atomic E-state index is -0.211. The number of carbonyl (C=O) groups excluding carboxylic acids is 2. The van der Waals surface area contributed by atoms with E-state index in [0.29, 0.717) is 37.3 Å². The Balaban J connectivity index is 1.47. The molecule has 0 atom stereocenters. The molecule has 1 N–H and O–H groups in total. The predicted octanol–water partition coefficient (Wildman–Crippen LogP) is 2.85. The van der Waals surface area contributed by atoms with Crippen molar-refractivity contribution < 1.29 is 14.7 Å². The molecule has 1 aliphatic rings. The molecule has 2 aromatic heterocycles. The molecular formula is C21H22N4O3S. The molecule has 7 nitrogen and oxygen atoms in total. The fourth-order valence-corrected chi connectivity index (χ4v) is 4.46. The molecule has 1 aliphatic heterocycles. The minimum absolute atomic E-state index is 0.0226. The molecule has 0 radical (unpaired) electrons. The molecule has 8 heteroatoms. The first-order valence-electron chi connectivity index (χ1n) is 9.42. The van der Waals surface area contributed by atoms with Crippen molar-refractivity contribution in [3.8, 4) is 10.9 Å². The highest BCUT2D eigenvalue weighted by Crippen LogP contribution is 2.24. The van der Waals surface area contributed by atoms with Crippen molar-refractivity contribution in [3.05, 3.63) is 64.4 Å². The first-order valence-corrected chi connectivity index (χ1v) is 10.3. The van der Waals surface area contributed by atoms with Crippen LogP contribution in [0.3, 0.4) is 0 Å². The number of para-hydroxylation sites is 1. The third-order valence-electron chi connectivity index (χ3n) is 5.26. The van der Waals surface area contributed by atoms with Crippen LogP contribution in [-0.4, -0.2) is 62.5 Å². The SMILES string of the molecule is Cc1cc(C(=O)N2CCN(C(=O)c3ccccc3O)CC2)c(C)n1-c1nccs1. The van der Waals surface area contributed by atoms with E-state index < -0.39 is 0 Å². The van der Waals surface area contributed by atoms with Crippen LogP contribution < -0.4 is 0 Å². The Kier molecular flexibility index (Phi) is 5.10.